The monoisotopic (exact) mass is 285 g/mol. The van der Waals surface area contributed by atoms with Gasteiger partial charge in [0, 0.05) is 6.54 Å². The van der Waals surface area contributed by atoms with E-state index in [1.807, 2.05) is 22.9 Å². The van der Waals surface area contributed by atoms with Crippen molar-refractivity contribution in [1.82, 2.24) is 3.11 Å². The van der Waals surface area contributed by atoms with Gasteiger partial charge in [0.25, 0.3) is 0 Å². The van der Waals surface area contributed by atoms with Crippen LogP contribution in [0.5, 0.6) is 0 Å². The minimum absolute atomic E-state index is 0.517. The molecule has 4 heteroatoms. The van der Waals surface area contributed by atoms with Crippen LogP contribution in [0.4, 0.5) is 4.79 Å². The van der Waals surface area contributed by atoms with Crippen LogP contribution in [-0.4, -0.2) is 20.9 Å². The van der Waals surface area contributed by atoms with Crippen LogP contribution in [0.15, 0.2) is 0 Å². The van der Waals surface area contributed by atoms with E-state index < -0.39 is 6.09 Å². The van der Waals surface area contributed by atoms with E-state index in [2.05, 4.69) is 13.8 Å². The standard InChI is InChI=1S/C8H16INO2/c1-3-5-7(4-2)6-10(9)8(11)12/h7H,3-6H2,1-2H3,(H,11,12). The highest BCUT2D eigenvalue weighted by Crippen LogP contribution is 2.14. The van der Waals surface area contributed by atoms with E-state index in [0.29, 0.717) is 12.5 Å². The van der Waals surface area contributed by atoms with Gasteiger partial charge < -0.3 is 5.11 Å². The van der Waals surface area contributed by atoms with Crippen molar-refractivity contribution in [1.29, 1.82) is 0 Å². The fourth-order valence-electron chi connectivity index (χ4n) is 1.14. The molecule has 1 atom stereocenters. The summed E-state index contributed by atoms with van der Waals surface area (Å²) in [6.07, 6.45) is 2.46. The number of amides is 1. The van der Waals surface area contributed by atoms with Gasteiger partial charge in [-0.1, -0.05) is 26.7 Å². The Morgan fingerprint density at radius 3 is 2.50 bits per heavy atom. The lowest BCUT2D eigenvalue weighted by molar-refractivity contribution is 0.174. The van der Waals surface area contributed by atoms with Crippen LogP contribution in [0.2, 0.25) is 0 Å². The molecule has 0 aliphatic heterocycles. The molecule has 0 aromatic carbocycles. The van der Waals surface area contributed by atoms with Gasteiger partial charge in [-0.15, -0.1) is 0 Å². The van der Waals surface area contributed by atoms with Crippen LogP contribution in [0, 0.1) is 5.92 Å². The van der Waals surface area contributed by atoms with Crippen molar-refractivity contribution in [2.75, 3.05) is 6.54 Å². The lowest BCUT2D eigenvalue weighted by atomic mass is 10.0. The summed E-state index contributed by atoms with van der Waals surface area (Å²) in [5, 5.41) is 8.61. The molecule has 0 bridgehead atoms. The first-order chi connectivity index (χ1) is 5.61. The Bertz CT molecular complexity index is 141. The van der Waals surface area contributed by atoms with Crippen molar-refractivity contribution in [3.63, 3.8) is 0 Å². The average molecular weight is 285 g/mol. The largest absolute Gasteiger partial charge is 0.464 e. The number of hydrogen-bond donors (Lipinski definition) is 1. The van der Waals surface area contributed by atoms with Crippen molar-refractivity contribution < 1.29 is 9.90 Å². The van der Waals surface area contributed by atoms with Crippen LogP contribution >= 0.6 is 22.9 Å². The van der Waals surface area contributed by atoms with Crippen LogP contribution in [-0.2, 0) is 0 Å². The molecule has 0 aliphatic carbocycles. The smallest absolute Gasteiger partial charge is 0.416 e. The number of nitrogens with zero attached hydrogens (tertiary/aromatic N) is 1. The summed E-state index contributed by atoms with van der Waals surface area (Å²) in [7, 11) is 0. The highest BCUT2D eigenvalue weighted by Gasteiger charge is 2.13. The van der Waals surface area contributed by atoms with E-state index in [1.165, 1.54) is 3.11 Å². The topological polar surface area (TPSA) is 40.5 Å². The molecule has 0 aromatic heterocycles. The summed E-state index contributed by atoms with van der Waals surface area (Å²) in [5.74, 6) is 0.517. The van der Waals surface area contributed by atoms with Gasteiger partial charge in [-0.25, -0.2) is 7.91 Å². The van der Waals surface area contributed by atoms with E-state index in [0.717, 1.165) is 19.3 Å². The number of carbonyl (C=O) groups is 1. The molecule has 3 nitrogen and oxygen atoms in total. The highest BCUT2D eigenvalue weighted by molar-refractivity contribution is 14.1. The SMILES string of the molecule is CCCC(CC)CN(I)C(=O)O. The highest BCUT2D eigenvalue weighted by atomic mass is 127. The molecule has 72 valence electrons. The Balaban J connectivity index is 3.76. The summed E-state index contributed by atoms with van der Waals surface area (Å²) in [6, 6.07) is 0. The van der Waals surface area contributed by atoms with Crippen molar-refractivity contribution in [3.05, 3.63) is 0 Å². The normalized spacial score (nSPS) is 12.6. The quantitative estimate of drug-likeness (QED) is 0.622. The summed E-state index contributed by atoms with van der Waals surface area (Å²) in [4.78, 5) is 10.5. The van der Waals surface area contributed by atoms with Crippen LogP contribution < -0.4 is 0 Å². The summed E-state index contributed by atoms with van der Waals surface area (Å²) < 4.78 is 1.33. The fourth-order valence-corrected chi connectivity index (χ4v) is 1.69. The molecule has 0 aromatic rings. The Morgan fingerprint density at radius 1 is 1.58 bits per heavy atom. The molecule has 0 heterocycles. The Labute approximate surface area is 87.6 Å². The molecule has 1 N–H and O–H groups in total. The molecule has 0 radical (unpaired) electrons. The molecule has 0 aliphatic rings. The van der Waals surface area contributed by atoms with Gasteiger partial charge in [0.1, 0.15) is 0 Å². The van der Waals surface area contributed by atoms with E-state index in [9.17, 15) is 4.79 Å². The third-order valence-electron chi connectivity index (χ3n) is 1.90. The Kier molecular flexibility index (Phi) is 6.51. The van der Waals surface area contributed by atoms with Crippen LogP contribution in [0.25, 0.3) is 0 Å². The molecule has 0 saturated heterocycles. The third-order valence-corrected chi connectivity index (χ3v) is 2.71. The van der Waals surface area contributed by atoms with Gasteiger partial charge >= 0.3 is 6.09 Å². The molecule has 0 rings (SSSR count). The van der Waals surface area contributed by atoms with Gasteiger partial charge in [-0.2, -0.15) is 0 Å². The molecule has 0 fully saturated rings. The maximum atomic E-state index is 10.5. The van der Waals surface area contributed by atoms with Crippen molar-refractivity contribution in [2.45, 2.75) is 33.1 Å². The summed E-state index contributed by atoms with van der Waals surface area (Å²) in [6.45, 7) is 4.88. The van der Waals surface area contributed by atoms with Gasteiger partial charge in [-0.3, -0.25) is 0 Å². The molecule has 1 unspecified atom stereocenters. The third kappa shape index (κ3) is 4.79. The molecule has 0 saturated carbocycles. The first kappa shape index (κ1) is 12.0. The van der Waals surface area contributed by atoms with Crippen LogP contribution in [0.3, 0.4) is 0 Å². The van der Waals surface area contributed by atoms with Crippen LogP contribution in [0.1, 0.15) is 33.1 Å². The molecular formula is C8H16INO2. The molecular weight excluding hydrogens is 269 g/mol. The van der Waals surface area contributed by atoms with E-state index >= 15 is 0 Å². The van der Waals surface area contributed by atoms with Crippen molar-refractivity contribution in [2.24, 2.45) is 5.92 Å². The number of carboxylic acid groups (broad SMARTS) is 1. The van der Waals surface area contributed by atoms with E-state index in [-0.39, 0.29) is 0 Å². The number of rotatable bonds is 5. The maximum Gasteiger partial charge on any atom is 0.416 e. The van der Waals surface area contributed by atoms with Gasteiger partial charge in [0.15, 0.2) is 0 Å². The lowest BCUT2D eigenvalue weighted by Gasteiger charge is -2.18. The second kappa shape index (κ2) is 6.51. The molecule has 0 spiro atoms. The second-order valence-electron chi connectivity index (χ2n) is 2.89. The summed E-state index contributed by atoms with van der Waals surface area (Å²) >= 11 is 1.84. The van der Waals surface area contributed by atoms with Crippen molar-refractivity contribution in [3.8, 4) is 0 Å². The molecule has 1 amide bonds. The minimum atomic E-state index is -0.842. The Hall–Kier alpha value is 0. The minimum Gasteiger partial charge on any atom is -0.464 e. The first-order valence-corrected chi connectivity index (χ1v) is 5.24. The zero-order chi connectivity index (χ0) is 9.56. The average Bonchev–Trinajstić information content (AvgIpc) is 2.03. The van der Waals surface area contributed by atoms with Gasteiger partial charge in [-0.05, 0) is 12.3 Å². The number of hydrogen-bond acceptors (Lipinski definition) is 1. The van der Waals surface area contributed by atoms with E-state index in [4.69, 9.17) is 5.11 Å². The predicted octanol–water partition coefficient (Wildman–Crippen LogP) is 3.14. The Morgan fingerprint density at radius 2 is 2.17 bits per heavy atom. The van der Waals surface area contributed by atoms with Gasteiger partial charge in [0.05, 0.1) is 22.9 Å². The predicted molar refractivity (Wildman–Crippen MR) is 57.4 cm³/mol. The van der Waals surface area contributed by atoms with Gasteiger partial charge in [0.2, 0.25) is 0 Å². The fraction of sp³-hybridized carbons (Fsp3) is 0.875. The zero-order valence-electron chi connectivity index (χ0n) is 7.59. The van der Waals surface area contributed by atoms with Crippen molar-refractivity contribution >= 4 is 29.0 Å². The first-order valence-electron chi connectivity index (χ1n) is 4.28. The lowest BCUT2D eigenvalue weighted by Crippen LogP contribution is -2.25. The maximum absolute atomic E-state index is 10.5. The second-order valence-corrected chi connectivity index (χ2v) is 4.05. The van der Waals surface area contributed by atoms with E-state index in [1.54, 1.807) is 0 Å². The number of halogens is 1. The zero-order valence-corrected chi connectivity index (χ0v) is 9.74. The molecule has 12 heavy (non-hydrogen) atoms. The summed E-state index contributed by atoms with van der Waals surface area (Å²) in [5.41, 5.74) is 0.